The van der Waals surface area contributed by atoms with Crippen molar-refractivity contribution in [3.05, 3.63) is 69.7 Å². The van der Waals surface area contributed by atoms with E-state index in [1.165, 1.54) is 0 Å². The van der Waals surface area contributed by atoms with Crippen LogP contribution in [-0.2, 0) is 14.4 Å². The van der Waals surface area contributed by atoms with E-state index >= 15 is 0 Å². The van der Waals surface area contributed by atoms with E-state index in [4.69, 9.17) is 43.6 Å². The van der Waals surface area contributed by atoms with Crippen LogP contribution in [-0.4, -0.2) is 122 Å². The van der Waals surface area contributed by atoms with Crippen LogP contribution in [0, 0.1) is 0 Å². The largest absolute Gasteiger partial charge is 0.481 e. The zero-order valence-electron chi connectivity index (χ0n) is 27.4. The van der Waals surface area contributed by atoms with Crippen LogP contribution in [0.1, 0.15) is 67.3 Å². The predicted molar refractivity (Wildman–Crippen MR) is 183 cm³/mol. The molecule has 2 fully saturated rings. The molecule has 268 valence electrons. The third kappa shape index (κ3) is 11.9. The highest BCUT2D eigenvalue weighted by Crippen LogP contribution is 2.30. The molecule has 0 aliphatic carbocycles. The fourth-order valence-corrected chi connectivity index (χ4v) is 6.32. The minimum atomic E-state index is -2.74. The molecule has 0 spiro atoms. The summed E-state index contributed by atoms with van der Waals surface area (Å²) < 4.78 is 0. The molecule has 2 saturated heterocycles. The number of likely N-dealkylation sites (tertiary alicyclic amines) is 1. The molecule has 0 bridgehead atoms. The number of benzene rings is 2. The molecule has 2 heterocycles. The third-order valence-electron chi connectivity index (χ3n) is 8.74. The number of aliphatic carboxylic acids is 3. The Balaban J connectivity index is 0.000000425. The molecule has 0 radical (unpaired) electrons. The number of hydrogen-bond donors (Lipinski definition) is 5. The summed E-state index contributed by atoms with van der Waals surface area (Å²) in [6, 6.07) is 15.7. The Bertz CT molecular complexity index is 1440. The van der Waals surface area contributed by atoms with Crippen LogP contribution in [0.25, 0.3) is 0 Å². The van der Waals surface area contributed by atoms with Crippen molar-refractivity contribution in [1.82, 2.24) is 20.0 Å². The molecule has 13 nitrogen and oxygen atoms in total. The number of nitrogens with zero attached hydrogens (tertiary/aromatic N) is 3. The van der Waals surface area contributed by atoms with Crippen molar-refractivity contribution in [3.63, 3.8) is 0 Å². The monoisotopic (exact) mass is 722 g/mol. The molecule has 1 atom stereocenters. The summed E-state index contributed by atoms with van der Waals surface area (Å²) in [5, 5.41) is 37.9. The van der Waals surface area contributed by atoms with Crippen molar-refractivity contribution in [1.29, 1.82) is 0 Å². The van der Waals surface area contributed by atoms with Gasteiger partial charge in [0.2, 0.25) is 0 Å². The first-order chi connectivity index (χ1) is 23.2. The van der Waals surface area contributed by atoms with Gasteiger partial charge in [0, 0.05) is 56.8 Å². The Morgan fingerprint density at radius 2 is 1.59 bits per heavy atom. The smallest absolute Gasteiger partial charge is 0.336 e. The summed E-state index contributed by atoms with van der Waals surface area (Å²) in [5.74, 6) is -4.84. The molecule has 2 aliphatic rings. The zero-order chi connectivity index (χ0) is 36.1. The second kappa shape index (κ2) is 18.7. The number of carboxylic acids is 3. The first kappa shape index (κ1) is 39.5. The number of amides is 3. The Kier molecular flexibility index (Phi) is 15.1. The molecule has 2 aromatic rings. The van der Waals surface area contributed by atoms with E-state index in [0.29, 0.717) is 34.7 Å². The van der Waals surface area contributed by atoms with Crippen LogP contribution in [0.5, 0.6) is 0 Å². The lowest BCUT2D eigenvalue weighted by molar-refractivity contribution is -0.170. The minimum absolute atomic E-state index is 0.0452. The van der Waals surface area contributed by atoms with Crippen molar-refractivity contribution in [2.75, 3.05) is 45.8 Å². The summed E-state index contributed by atoms with van der Waals surface area (Å²) in [6.45, 7) is 7.80. The van der Waals surface area contributed by atoms with Gasteiger partial charge in [-0.2, -0.15) is 0 Å². The first-order valence-corrected chi connectivity index (χ1v) is 16.9. The number of nitrogens with one attached hydrogen (secondary N) is 1. The van der Waals surface area contributed by atoms with E-state index in [0.717, 1.165) is 64.0 Å². The molecule has 5 N–H and O–H groups in total. The van der Waals surface area contributed by atoms with E-state index in [-0.39, 0.29) is 17.9 Å². The lowest BCUT2D eigenvalue weighted by Crippen LogP contribution is -2.54. The molecule has 2 aliphatic heterocycles. The lowest BCUT2D eigenvalue weighted by Gasteiger charge is -2.40. The fourth-order valence-electron chi connectivity index (χ4n) is 6.02. The van der Waals surface area contributed by atoms with Gasteiger partial charge in [-0.1, -0.05) is 47.5 Å². The van der Waals surface area contributed by atoms with Gasteiger partial charge in [-0.3, -0.25) is 14.4 Å². The molecular weight excluding hydrogens is 679 g/mol. The van der Waals surface area contributed by atoms with E-state index in [9.17, 15) is 24.0 Å². The number of carboxylic acid groups (broad SMARTS) is 3. The third-order valence-corrected chi connectivity index (χ3v) is 9.47. The number of carbonyl (C=O) groups is 5. The van der Waals surface area contributed by atoms with Gasteiger partial charge in [-0.05, 0) is 69.0 Å². The number of urea groups is 1. The second-order valence-electron chi connectivity index (χ2n) is 12.2. The maximum Gasteiger partial charge on any atom is 0.336 e. The van der Waals surface area contributed by atoms with E-state index in [1.807, 2.05) is 65.3 Å². The second-order valence-corrected chi connectivity index (χ2v) is 13.0. The van der Waals surface area contributed by atoms with Crippen molar-refractivity contribution in [2.24, 2.45) is 0 Å². The van der Waals surface area contributed by atoms with Crippen molar-refractivity contribution < 1.29 is 44.4 Å². The van der Waals surface area contributed by atoms with Gasteiger partial charge >= 0.3 is 23.9 Å². The van der Waals surface area contributed by atoms with Gasteiger partial charge in [-0.25, -0.2) is 9.59 Å². The highest BCUT2D eigenvalue weighted by atomic mass is 35.5. The van der Waals surface area contributed by atoms with Gasteiger partial charge in [-0.15, -0.1) is 0 Å². The van der Waals surface area contributed by atoms with Gasteiger partial charge in [0.1, 0.15) is 0 Å². The van der Waals surface area contributed by atoms with E-state index < -0.39 is 36.4 Å². The van der Waals surface area contributed by atoms with Crippen LogP contribution in [0.3, 0.4) is 0 Å². The van der Waals surface area contributed by atoms with Crippen LogP contribution >= 0.6 is 23.2 Å². The topological polar surface area (TPSA) is 188 Å². The molecule has 4 rings (SSSR count). The number of carbonyl (C=O) groups excluding carboxylic acids is 2. The van der Waals surface area contributed by atoms with Gasteiger partial charge in [0.15, 0.2) is 5.60 Å². The lowest BCUT2D eigenvalue weighted by atomic mass is 9.93. The minimum Gasteiger partial charge on any atom is -0.481 e. The number of aliphatic hydroxyl groups is 1. The predicted octanol–water partition coefficient (Wildman–Crippen LogP) is 4.26. The Morgan fingerprint density at radius 3 is 2.12 bits per heavy atom. The molecule has 3 amide bonds. The Morgan fingerprint density at radius 1 is 0.959 bits per heavy atom. The highest BCUT2D eigenvalue weighted by Gasteiger charge is 2.40. The van der Waals surface area contributed by atoms with Crippen molar-refractivity contribution in [3.8, 4) is 0 Å². The van der Waals surface area contributed by atoms with Crippen LogP contribution < -0.4 is 5.32 Å². The standard InChI is InChI=1S/C28H36Cl2N4O2.C6H8O7/c1-2-33(27(35)21-7-4-3-5-8-21)20-23(22-9-10-25(29)26(30)19-22)11-16-32-17-12-24(13-18-32)34-15-6-14-31-28(34)36;7-3(8)1-6(13,5(11)12)2-4(9)10/h3-5,7-10,19,23-24H,2,6,11-18,20H2,1H3,(H,31,36);13H,1-2H2,(H,7,8)(H,9,10)(H,11,12)/t23-;/m1./s1. The molecule has 0 aromatic heterocycles. The van der Waals surface area contributed by atoms with Gasteiger partial charge in [0.05, 0.1) is 22.9 Å². The number of rotatable bonds is 14. The maximum atomic E-state index is 13.2. The van der Waals surface area contributed by atoms with Gasteiger partial charge < -0.3 is 40.4 Å². The van der Waals surface area contributed by atoms with Crippen LogP contribution in [0.4, 0.5) is 4.79 Å². The zero-order valence-corrected chi connectivity index (χ0v) is 28.9. The summed E-state index contributed by atoms with van der Waals surface area (Å²) in [4.78, 5) is 62.4. The summed E-state index contributed by atoms with van der Waals surface area (Å²) in [6.07, 6.45) is 1.64. The molecule has 0 saturated carbocycles. The summed E-state index contributed by atoms with van der Waals surface area (Å²) in [5.41, 5.74) is -0.933. The average Bonchev–Trinajstić information content (AvgIpc) is 3.06. The molecule has 0 unspecified atom stereocenters. The maximum absolute atomic E-state index is 13.2. The summed E-state index contributed by atoms with van der Waals surface area (Å²) >= 11 is 12.6. The van der Waals surface area contributed by atoms with Crippen molar-refractivity contribution >= 4 is 53.0 Å². The quantitative estimate of drug-likeness (QED) is 0.189. The number of likely N-dealkylation sites (N-methyl/N-ethyl adjacent to an activating group) is 1. The SMILES string of the molecule is CCN(C[C@@H](CCN1CCC(N2CCCNC2=O)CC1)c1ccc(Cl)c(Cl)c1)C(=O)c1ccccc1.O=C(O)CC(O)(CC(=O)O)C(=O)O. The normalized spacial score (nSPS) is 16.2. The van der Waals surface area contributed by atoms with Crippen molar-refractivity contribution in [2.45, 2.75) is 63.0 Å². The first-order valence-electron chi connectivity index (χ1n) is 16.2. The van der Waals surface area contributed by atoms with E-state index in [2.05, 4.69) is 10.2 Å². The molecule has 2 aromatic carbocycles. The Labute approximate surface area is 295 Å². The number of piperidine rings is 1. The fraction of sp³-hybridized carbons (Fsp3) is 0.500. The number of hydrogen-bond acceptors (Lipinski definition) is 7. The van der Waals surface area contributed by atoms with Crippen LogP contribution in [0.15, 0.2) is 48.5 Å². The van der Waals surface area contributed by atoms with Crippen LogP contribution in [0.2, 0.25) is 10.0 Å². The Hall–Kier alpha value is -3.91. The van der Waals surface area contributed by atoms with E-state index in [1.54, 1.807) is 0 Å². The summed E-state index contributed by atoms with van der Waals surface area (Å²) in [7, 11) is 0. The van der Waals surface area contributed by atoms with Gasteiger partial charge in [0.25, 0.3) is 5.91 Å². The highest BCUT2D eigenvalue weighted by molar-refractivity contribution is 6.42. The molecule has 49 heavy (non-hydrogen) atoms. The molecule has 15 heteroatoms. The molecular formula is C34H44Cl2N4O9. The number of halogens is 2. The average molecular weight is 724 g/mol.